The Labute approximate surface area is 180 Å². The highest BCUT2D eigenvalue weighted by Gasteiger charge is 2.30. The first kappa shape index (κ1) is 21.9. The summed E-state index contributed by atoms with van der Waals surface area (Å²) in [6.45, 7) is 2.91. The lowest BCUT2D eigenvalue weighted by molar-refractivity contribution is 0.0934. The van der Waals surface area contributed by atoms with E-state index in [4.69, 9.17) is 21.1 Å². The van der Waals surface area contributed by atoms with Crippen molar-refractivity contribution in [3.8, 4) is 17.6 Å². The third-order valence-electron chi connectivity index (χ3n) is 4.54. The summed E-state index contributed by atoms with van der Waals surface area (Å²) in [5.41, 5.74) is 0.204. The Bertz CT molecular complexity index is 1060. The standard InChI is InChI=1S/C20H20ClN3O5S/c1-2-28-20(25)23-10-12-24(13-11-23)30(26,27)16-8-6-15(7-9-16)29-19-5-3-4-18(21)17(19)14-22/h3-9H,2,10-13H2,1H3. The summed E-state index contributed by atoms with van der Waals surface area (Å²) in [6, 6.07) is 12.8. The fourth-order valence-electron chi connectivity index (χ4n) is 2.98. The van der Waals surface area contributed by atoms with Crippen molar-refractivity contribution in [3.05, 3.63) is 53.1 Å². The topological polar surface area (TPSA) is 99.9 Å². The molecule has 1 aliphatic heterocycles. The van der Waals surface area contributed by atoms with Crippen LogP contribution in [0, 0.1) is 11.3 Å². The van der Waals surface area contributed by atoms with Crippen LogP contribution in [0.3, 0.4) is 0 Å². The average Bonchev–Trinajstić information content (AvgIpc) is 2.74. The van der Waals surface area contributed by atoms with Crippen molar-refractivity contribution in [1.29, 1.82) is 5.26 Å². The molecule has 0 radical (unpaired) electrons. The van der Waals surface area contributed by atoms with Gasteiger partial charge in [-0.15, -0.1) is 0 Å². The quantitative estimate of drug-likeness (QED) is 0.692. The fourth-order valence-corrected chi connectivity index (χ4v) is 4.61. The highest BCUT2D eigenvalue weighted by molar-refractivity contribution is 7.89. The number of halogens is 1. The molecule has 0 N–H and O–H groups in total. The number of nitriles is 1. The smallest absolute Gasteiger partial charge is 0.409 e. The van der Waals surface area contributed by atoms with Gasteiger partial charge in [-0.25, -0.2) is 13.2 Å². The molecular formula is C20H20ClN3O5S. The van der Waals surface area contributed by atoms with Crippen molar-refractivity contribution in [2.75, 3.05) is 32.8 Å². The predicted molar refractivity (Wildman–Crippen MR) is 110 cm³/mol. The molecule has 0 bridgehead atoms. The molecule has 158 valence electrons. The van der Waals surface area contributed by atoms with E-state index in [-0.39, 0.29) is 54.0 Å². The minimum atomic E-state index is -3.71. The third kappa shape index (κ3) is 4.67. The van der Waals surface area contributed by atoms with Crippen LogP contribution in [0.4, 0.5) is 4.79 Å². The van der Waals surface area contributed by atoms with Crippen LogP contribution in [0.25, 0.3) is 0 Å². The van der Waals surface area contributed by atoms with Gasteiger partial charge in [-0.2, -0.15) is 9.57 Å². The van der Waals surface area contributed by atoms with Crippen molar-refractivity contribution in [2.45, 2.75) is 11.8 Å². The van der Waals surface area contributed by atoms with Crippen molar-refractivity contribution in [2.24, 2.45) is 0 Å². The number of carbonyl (C=O) groups excluding carboxylic acids is 1. The van der Waals surface area contributed by atoms with E-state index < -0.39 is 16.1 Å². The van der Waals surface area contributed by atoms with Crippen LogP contribution in [0.5, 0.6) is 11.5 Å². The summed E-state index contributed by atoms with van der Waals surface area (Å²) < 4.78 is 37.8. The number of piperazine rings is 1. The van der Waals surface area contributed by atoms with Gasteiger partial charge in [0, 0.05) is 26.2 Å². The van der Waals surface area contributed by atoms with Gasteiger partial charge in [0.15, 0.2) is 0 Å². The molecular weight excluding hydrogens is 430 g/mol. The second-order valence-corrected chi connectivity index (χ2v) is 8.73. The number of hydrogen-bond donors (Lipinski definition) is 0. The molecule has 2 aromatic carbocycles. The monoisotopic (exact) mass is 449 g/mol. The lowest BCUT2D eigenvalue weighted by Gasteiger charge is -2.33. The number of benzene rings is 2. The van der Waals surface area contributed by atoms with E-state index in [9.17, 15) is 18.5 Å². The first-order valence-corrected chi connectivity index (χ1v) is 11.1. The average molecular weight is 450 g/mol. The molecule has 0 unspecified atom stereocenters. The molecule has 8 nitrogen and oxygen atoms in total. The van der Waals surface area contributed by atoms with Crippen molar-refractivity contribution in [3.63, 3.8) is 0 Å². The van der Waals surface area contributed by atoms with Gasteiger partial charge < -0.3 is 14.4 Å². The van der Waals surface area contributed by atoms with Crippen LogP contribution in [0.2, 0.25) is 5.02 Å². The molecule has 1 amide bonds. The van der Waals surface area contributed by atoms with Gasteiger partial charge in [-0.3, -0.25) is 0 Å². The van der Waals surface area contributed by atoms with Gasteiger partial charge in [0.2, 0.25) is 10.0 Å². The third-order valence-corrected chi connectivity index (χ3v) is 6.77. The summed E-state index contributed by atoms with van der Waals surface area (Å²) in [4.78, 5) is 13.4. The predicted octanol–water partition coefficient (Wildman–Crippen LogP) is 3.47. The molecule has 0 spiro atoms. The van der Waals surface area contributed by atoms with Gasteiger partial charge in [0.1, 0.15) is 23.1 Å². The largest absolute Gasteiger partial charge is 0.456 e. The molecule has 0 atom stereocenters. The zero-order valence-electron chi connectivity index (χ0n) is 16.2. The summed E-state index contributed by atoms with van der Waals surface area (Å²) >= 11 is 5.99. The zero-order valence-corrected chi connectivity index (χ0v) is 17.8. The van der Waals surface area contributed by atoms with E-state index in [2.05, 4.69) is 0 Å². The van der Waals surface area contributed by atoms with E-state index in [1.165, 1.54) is 33.5 Å². The summed E-state index contributed by atoms with van der Waals surface area (Å²) in [5, 5.41) is 9.50. The van der Waals surface area contributed by atoms with E-state index in [0.29, 0.717) is 5.75 Å². The summed E-state index contributed by atoms with van der Waals surface area (Å²) in [7, 11) is -3.71. The van der Waals surface area contributed by atoms with Gasteiger partial charge in [-0.1, -0.05) is 17.7 Å². The minimum absolute atomic E-state index is 0.117. The minimum Gasteiger partial charge on any atom is -0.456 e. The molecule has 1 fully saturated rings. The van der Waals surface area contributed by atoms with Crippen LogP contribution in [-0.4, -0.2) is 56.5 Å². The summed E-state index contributed by atoms with van der Waals surface area (Å²) in [5.74, 6) is 0.663. The molecule has 1 aliphatic rings. The van der Waals surface area contributed by atoms with Crippen LogP contribution >= 0.6 is 11.6 Å². The fraction of sp³-hybridized carbons (Fsp3) is 0.300. The first-order chi connectivity index (χ1) is 14.4. The lowest BCUT2D eigenvalue weighted by atomic mass is 10.2. The molecule has 3 rings (SSSR count). The molecule has 0 saturated carbocycles. The molecule has 0 aromatic heterocycles. The maximum absolute atomic E-state index is 12.9. The molecule has 1 saturated heterocycles. The van der Waals surface area contributed by atoms with Crippen molar-refractivity contribution in [1.82, 2.24) is 9.21 Å². The number of ether oxygens (including phenoxy) is 2. The molecule has 30 heavy (non-hydrogen) atoms. The van der Waals surface area contributed by atoms with Gasteiger partial charge >= 0.3 is 6.09 Å². The maximum Gasteiger partial charge on any atom is 0.409 e. The second kappa shape index (κ2) is 9.34. The van der Waals surface area contributed by atoms with Crippen LogP contribution in [0.1, 0.15) is 12.5 Å². The van der Waals surface area contributed by atoms with Crippen molar-refractivity contribution < 1.29 is 22.7 Å². The van der Waals surface area contributed by atoms with Crippen LogP contribution in [-0.2, 0) is 14.8 Å². The van der Waals surface area contributed by atoms with E-state index >= 15 is 0 Å². The first-order valence-electron chi connectivity index (χ1n) is 9.25. The SMILES string of the molecule is CCOC(=O)N1CCN(S(=O)(=O)c2ccc(Oc3cccc(Cl)c3C#N)cc2)CC1. The van der Waals surface area contributed by atoms with Gasteiger partial charge in [-0.05, 0) is 43.3 Å². The molecule has 10 heteroatoms. The summed E-state index contributed by atoms with van der Waals surface area (Å²) in [6.07, 6.45) is -0.436. The number of hydrogen-bond acceptors (Lipinski definition) is 6. The van der Waals surface area contributed by atoms with E-state index in [1.54, 1.807) is 25.1 Å². The maximum atomic E-state index is 12.9. The normalized spacial score (nSPS) is 14.8. The molecule has 0 aliphatic carbocycles. The highest BCUT2D eigenvalue weighted by Crippen LogP contribution is 2.30. The van der Waals surface area contributed by atoms with Crippen molar-refractivity contribution >= 4 is 27.7 Å². The Morgan fingerprint density at radius 3 is 2.40 bits per heavy atom. The second-order valence-electron chi connectivity index (χ2n) is 6.39. The van der Waals surface area contributed by atoms with E-state index in [0.717, 1.165) is 0 Å². The zero-order chi connectivity index (χ0) is 21.7. The Morgan fingerprint density at radius 2 is 1.80 bits per heavy atom. The molecule has 1 heterocycles. The number of carbonyl (C=O) groups is 1. The Balaban J connectivity index is 1.70. The Kier molecular flexibility index (Phi) is 6.82. The Morgan fingerprint density at radius 1 is 1.13 bits per heavy atom. The number of sulfonamides is 1. The molecule has 2 aromatic rings. The van der Waals surface area contributed by atoms with Gasteiger partial charge in [0.25, 0.3) is 0 Å². The number of amides is 1. The highest BCUT2D eigenvalue weighted by atomic mass is 35.5. The van der Waals surface area contributed by atoms with Gasteiger partial charge in [0.05, 0.1) is 16.5 Å². The van der Waals surface area contributed by atoms with Crippen LogP contribution < -0.4 is 4.74 Å². The number of nitrogens with zero attached hydrogens (tertiary/aromatic N) is 3. The Hall–Kier alpha value is -2.80. The van der Waals surface area contributed by atoms with Crippen LogP contribution in [0.15, 0.2) is 47.4 Å². The lowest BCUT2D eigenvalue weighted by Crippen LogP contribution is -2.50. The number of rotatable bonds is 5. The van der Waals surface area contributed by atoms with E-state index in [1.807, 2.05) is 6.07 Å².